The Labute approximate surface area is 155 Å². The van der Waals surface area contributed by atoms with Crippen molar-refractivity contribution in [1.82, 2.24) is 4.90 Å². The summed E-state index contributed by atoms with van der Waals surface area (Å²) >= 11 is 0. The normalized spacial score (nSPS) is 20.3. The Kier molecular flexibility index (Phi) is 6.81. The number of hydrogen-bond donors (Lipinski definition) is 0. The summed E-state index contributed by atoms with van der Waals surface area (Å²) in [6.07, 6.45) is 1.30. The molecule has 26 heavy (non-hydrogen) atoms. The first kappa shape index (κ1) is 18.6. The predicted octanol–water partition coefficient (Wildman–Crippen LogP) is 3.80. The summed E-state index contributed by atoms with van der Waals surface area (Å²) in [6, 6.07) is 20.2. The second kappa shape index (κ2) is 9.51. The van der Waals surface area contributed by atoms with Crippen molar-refractivity contribution in [3.8, 4) is 0 Å². The molecule has 4 nitrogen and oxygen atoms in total. The lowest BCUT2D eigenvalue weighted by atomic mass is 9.98. The van der Waals surface area contributed by atoms with Crippen molar-refractivity contribution in [1.29, 1.82) is 0 Å². The van der Waals surface area contributed by atoms with Crippen LogP contribution in [-0.2, 0) is 27.5 Å². The van der Waals surface area contributed by atoms with Crippen molar-refractivity contribution in [2.24, 2.45) is 0 Å². The molecule has 1 amide bonds. The topological polar surface area (TPSA) is 38.8 Å². The van der Waals surface area contributed by atoms with E-state index < -0.39 is 0 Å². The second-order valence-corrected chi connectivity index (χ2v) is 6.62. The maximum Gasteiger partial charge on any atom is 0.223 e. The number of carbonyl (C=O) groups is 1. The van der Waals surface area contributed by atoms with E-state index in [-0.39, 0.29) is 18.1 Å². The maximum absolute atomic E-state index is 12.3. The van der Waals surface area contributed by atoms with Gasteiger partial charge in [0, 0.05) is 13.0 Å². The molecular formula is C22H27NO3. The Balaban J connectivity index is 1.60. The number of likely N-dealkylation sites (N-methyl/N-ethyl adjacent to an activating group) is 1. The number of rotatable bonds is 8. The van der Waals surface area contributed by atoms with Crippen LogP contribution in [0.15, 0.2) is 60.7 Å². The number of amides is 1. The van der Waals surface area contributed by atoms with Crippen molar-refractivity contribution >= 4 is 5.91 Å². The molecule has 1 fully saturated rings. The van der Waals surface area contributed by atoms with Gasteiger partial charge in [-0.15, -0.1) is 0 Å². The highest BCUT2D eigenvalue weighted by molar-refractivity contribution is 5.77. The van der Waals surface area contributed by atoms with Crippen LogP contribution < -0.4 is 0 Å². The first-order chi connectivity index (χ1) is 12.8. The smallest absolute Gasteiger partial charge is 0.223 e. The van der Waals surface area contributed by atoms with E-state index in [1.807, 2.05) is 60.4 Å². The fourth-order valence-electron chi connectivity index (χ4n) is 3.44. The van der Waals surface area contributed by atoms with Crippen molar-refractivity contribution in [2.75, 3.05) is 13.2 Å². The van der Waals surface area contributed by atoms with Crippen LogP contribution >= 0.6 is 0 Å². The molecule has 0 aromatic heterocycles. The molecule has 1 heterocycles. The molecule has 0 radical (unpaired) electrons. The predicted molar refractivity (Wildman–Crippen MR) is 102 cm³/mol. The Morgan fingerprint density at radius 2 is 1.58 bits per heavy atom. The molecular weight excluding hydrogens is 326 g/mol. The minimum absolute atomic E-state index is 0.00336. The third-order valence-electron chi connectivity index (χ3n) is 4.84. The minimum atomic E-state index is -0.0336. The lowest BCUT2D eigenvalue weighted by Gasteiger charge is -2.40. The lowest BCUT2D eigenvalue weighted by molar-refractivity contribution is -0.149. The Bertz CT molecular complexity index is 674. The van der Waals surface area contributed by atoms with Crippen molar-refractivity contribution in [2.45, 2.75) is 45.1 Å². The van der Waals surface area contributed by atoms with Gasteiger partial charge in [0.1, 0.15) is 0 Å². The van der Waals surface area contributed by atoms with Gasteiger partial charge < -0.3 is 14.4 Å². The SMILES string of the molecule is CCN1C(=O)CCC(OCc2ccccc2)C1COCc1ccccc1. The number of benzene rings is 2. The number of carbonyl (C=O) groups excluding carboxylic acids is 1. The van der Waals surface area contributed by atoms with Gasteiger partial charge in [0.2, 0.25) is 5.91 Å². The average molecular weight is 353 g/mol. The summed E-state index contributed by atoms with van der Waals surface area (Å²) in [5.74, 6) is 0.195. The molecule has 1 aliphatic rings. The van der Waals surface area contributed by atoms with Gasteiger partial charge in [-0.25, -0.2) is 0 Å². The summed E-state index contributed by atoms with van der Waals surface area (Å²) in [6.45, 7) is 4.31. The van der Waals surface area contributed by atoms with E-state index in [0.29, 0.717) is 32.8 Å². The van der Waals surface area contributed by atoms with Crippen LogP contribution in [0.4, 0.5) is 0 Å². The van der Waals surface area contributed by atoms with Gasteiger partial charge in [-0.05, 0) is 24.5 Å². The maximum atomic E-state index is 12.3. The molecule has 3 rings (SSSR count). The molecule has 0 N–H and O–H groups in total. The number of likely N-dealkylation sites (tertiary alicyclic amines) is 1. The molecule has 0 bridgehead atoms. The first-order valence-electron chi connectivity index (χ1n) is 9.34. The van der Waals surface area contributed by atoms with Crippen LogP contribution in [-0.4, -0.2) is 36.1 Å². The zero-order chi connectivity index (χ0) is 18.2. The van der Waals surface area contributed by atoms with Crippen LogP contribution in [0.3, 0.4) is 0 Å². The molecule has 1 aliphatic heterocycles. The van der Waals surface area contributed by atoms with Gasteiger partial charge in [-0.1, -0.05) is 60.7 Å². The summed E-state index contributed by atoms with van der Waals surface area (Å²) in [5.41, 5.74) is 2.29. The Morgan fingerprint density at radius 1 is 0.962 bits per heavy atom. The molecule has 2 unspecified atom stereocenters. The van der Waals surface area contributed by atoms with Crippen molar-refractivity contribution in [3.05, 3.63) is 71.8 Å². The van der Waals surface area contributed by atoms with Gasteiger partial charge in [-0.3, -0.25) is 4.79 Å². The van der Waals surface area contributed by atoms with Crippen molar-refractivity contribution < 1.29 is 14.3 Å². The van der Waals surface area contributed by atoms with Crippen LogP contribution in [0.5, 0.6) is 0 Å². The first-order valence-corrected chi connectivity index (χ1v) is 9.34. The molecule has 0 spiro atoms. The highest BCUT2D eigenvalue weighted by Gasteiger charge is 2.35. The van der Waals surface area contributed by atoms with Crippen LogP contribution in [0.1, 0.15) is 30.9 Å². The van der Waals surface area contributed by atoms with Gasteiger partial charge in [0.15, 0.2) is 0 Å². The zero-order valence-corrected chi connectivity index (χ0v) is 15.3. The van der Waals surface area contributed by atoms with E-state index >= 15 is 0 Å². The number of piperidine rings is 1. The summed E-state index contributed by atoms with van der Waals surface area (Å²) < 4.78 is 12.1. The molecule has 0 saturated carbocycles. The van der Waals surface area contributed by atoms with Gasteiger partial charge in [0.05, 0.1) is 32.0 Å². The zero-order valence-electron chi connectivity index (χ0n) is 15.3. The fraction of sp³-hybridized carbons (Fsp3) is 0.409. The molecule has 138 valence electrons. The number of hydrogen-bond acceptors (Lipinski definition) is 3. The van der Waals surface area contributed by atoms with Gasteiger partial charge in [-0.2, -0.15) is 0 Å². The third-order valence-corrected chi connectivity index (χ3v) is 4.84. The Morgan fingerprint density at radius 3 is 2.19 bits per heavy atom. The molecule has 2 aromatic rings. The third kappa shape index (κ3) is 4.93. The largest absolute Gasteiger partial charge is 0.375 e. The quantitative estimate of drug-likeness (QED) is 0.725. The summed E-state index contributed by atoms with van der Waals surface area (Å²) in [5, 5.41) is 0. The van der Waals surface area contributed by atoms with Crippen LogP contribution in [0, 0.1) is 0 Å². The van der Waals surface area contributed by atoms with Crippen LogP contribution in [0.25, 0.3) is 0 Å². The van der Waals surface area contributed by atoms with E-state index in [1.165, 1.54) is 0 Å². The monoisotopic (exact) mass is 353 g/mol. The average Bonchev–Trinajstić information content (AvgIpc) is 2.69. The van der Waals surface area contributed by atoms with E-state index in [0.717, 1.165) is 17.5 Å². The molecule has 4 heteroatoms. The highest BCUT2D eigenvalue weighted by Crippen LogP contribution is 2.23. The standard InChI is InChI=1S/C22H27NO3/c1-2-23-20(17-25-15-18-9-5-3-6-10-18)21(13-14-22(23)24)26-16-19-11-7-4-8-12-19/h3-12,20-21H,2,13-17H2,1H3. The summed E-state index contributed by atoms with van der Waals surface area (Å²) in [7, 11) is 0. The van der Waals surface area contributed by atoms with E-state index in [4.69, 9.17) is 9.47 Å². The molecule has 2 atom stereocenters. The number of nitrogens with zero attached hydrogens (tertiary/aromatic N) is 1. The lowest BCUT2D eigenvalue weighted by Crippen LogP contribution is -2.54. The summed E-state index contributed by atoms with van der Waals surface area (Å²) in [4.78, 5) is 14.2. The second-order valence-electron chi connectivity index (χ2n) is 6.62. The Hall–Kier alpha value is -2.17. The van der Waals surface area contributed by atoms with E-state index in [9.17, 15) is 4.79 Å². The van der Waals surface area contributed by atoms with Crippen LogP contribution in [0.2, 0.25) is 0 Å². The van der Waals surface area contributed by atoms with E-state index in [1.54, 1.807) is 0 Å². The van der Waals surface area contributed by atoms with Crippen molar-refractivity contribution in [3.63, 3.8) is 0 Å². The number of ether oxygens (including phenoxy) is 2. The van der Waals surface area contributed by atoms with Gasteiger partial charge >= 0.3 is 0 Å². The minimum Gasteiger partial charge on any atom is -0.375 e. The molecule has 2 aromatic carbocycles. The molecule has 0 aliphatic carbocycles. The fourth-order valence-corrected chi connectivity index (χ4v) is 3.44. The van der Waals surface area contributed by atoms with E-state index in [2.05, 4.69) is 12.1 Å². The molecule has 1 saturated heterocycles. The van der Waals surface area contributed by atoms with Gasteiger partial charge in [0.25, 0.3) is 0 Å². The highest BCUT2D eigenvalue weighted by atomic mass is 16.5.